The predicted molar refractivity (Wildman–Crippen MR) is 56.4 cm³/mol. The lowest BCUT2D eigenvalue weighted by Gasteiger charge is -2.17. The molecule has 73 valence electrons. The molecule has 0 spiro atoms. The van der Waals surface area contributed by atoms with Crippen molar-refractivity contribution in [2.75, 3.05) is 23.3 Å². The summed E-state index contributed by atoms with van der Waals surface area (Å²) in [7, 11) is 0. The van der Waals surface area contributed by atoms with Gasteiger partial charge in [0.25, 0.3) is 0 Å². The zero-order valence-corrected chi connectivity index (χ0v) is 7.99. The molecule has 0 saturated carbocycles. The lowest BCUT2D eigenvalue weighted by molar-refractivity contribution is -0.105. The first-order valence-corrected chi connectivity index (χ1v) is 4.87. The molecule has 0 bridgehead atoms. The minimum atomic E-state index is 0.680. The Balaban J connectivity index is 2.16. The van der Waals surface area contributed by atoms with Crippen molar-refractivity contribution in [3.05, 3.63) is 24.3 Å². The van der Waals surface area contributed by atoms with Crippen LogP contribution in [-0.2, 0) is 4.79 Å². The van der Waals surface area contributed by atoms with E-state index in [1.54, 1.807) is 0 Å². The number of carbonyl (C=O) groups excluding carboxylic acids is 1. The maximum atomic E-state index is 10.3. The zero-order valence-electron chi connectivity index (χ0n) is 7.99. The van der Waals surface area contributed by atoms with Crippen molar-refractivity contribution in [1.29, 1.82) is 0 Å². The highest BCUT2D eigenvalue weighted by molar-refractivity contribution is 5.73. The topological polar surface area (TPSA) is 32.3 Å². The highest BCUT2D eigenvalue weighted by Crippen LogP contribution is 2.22. The summed E-state index contributed by atoms with van der Waals surface area (Å²) < 4.78 is 0. The Kier molecular flexibility index (Phi) is 2.68. The number of carbonyl (C=O) groups is 1. The van der Waals surface area contributed by atoms with E-state index < -0.39 is 0 Å². The van der Waals surface area contributed by atoms with Gasteiger partial charge in [-0.2, -0.15) is 0 Å². The molecule has 0 aliphatic carbocycles. The third-order valence-corrected chi connectivity index (χ3v) is 2.47. The van der Waals surface area contributed by atoms with Crippen molar-refractivity contribution in [3.8, 4) is 0 Å². The predicted octanol–water partition coefficient (Wildman–Crippen LogP) is 1.66. The van der Waals surface area contributed by atoms with Crippen LogP contribution in [0, 0.1) is 6.07 Å². The van der Waals surface area contributed by atoms with E-state index in [4.69, 9.17) is 0 Å². The third kappa shape index (κ3) is 1.87. The first kappa shape index (κ1) is 9.06. The molecule has 14 heavy (non-hydrogen) atoms. The molecule has 3 heteroatoms. The third-order valence-electron chi connectivity index (χ3n) is 2.47. The fraction of sp³-hybridized carbons (Fsp3) is 0.364. The van der Waals surface area contributed by atoms with Gasteiger partial charge < -0.3 is 10.2 Å². The first-order chi connectivity index (χ1) is 6.90. The minimum Gasteiger partial charge on any atom is -0.371 e. The fourth-order valence-corrected chi connectivity index (χ4v) is 1.77. The van der Waals surface area contributed by atoms with E-state index in [1.165, 1.54) is 18.5 Å². The Morgan fingerprint density at radius 1 is 1.43 bits per heavy atom. The number of hydrogen-bond donors (Lipinski definition) is 1. The van der Waals surface area contributed by atoms with Gasteiger partial charge in [-0.25, -0.2) is 0 Å². The summed E-state index contributed by atoms with van der Waals surface area (Å²) in [5.41, 5.74) is 1.91. The van der Waals surface area contributed by atoms with Crippen LogP contribution >= 0.6 is 0 Å². The van der Waals surface area contributed by atoms with E-state index in [2.05, 4.69) is 16.3 Å². The molecule has 0 aromatic heterocycles. The van der Waals surface area contributed by atoms with Crippen LogP contribution in [0.2, 0.25) is 0 Å². The summed E-state index contributed by atoms with van der Waals surface area (Å²) >= 11 is 0. The molecule has 1 saturated heterocycles. The summed E-state index contributed by atoms with van der Waals surface area (Å²) in [4.78, 5) is 12.6. The summed E-state index contributed by atoms with van der Waals surface area (Å²) in [6.45, 7) is 2.23. The summed E-state index contributed by atoms with van der Waals surface area (Å²) in [6.07, 6.45) is 3.20. The van der Waals surface area contributed by atoms with Crippen LogP contribution in [0.5, 0.6) is 0 Å². The monoisotopic (exact) mass is 189 g/mol. The van der Waals surface area contributed by atoms with E-state index in [9.17, 15) is 4.79 Å². The van der Waals surface area contributed by atoms with Crippen LogP contribution < -0.4 is 10.2 Å². The number of benzene rings is 1. The number of hydrogen-bond acceptors (Lipinski definition) is 2. The van der Waals surface area contributed by atoms with Gasteiger partial charge >= 0.3 is 0 Å². The SMILES string of the molecule is O=CNc1[c]ccc(N2CCCC2)c1. The van der Waals surface area contributed by atoms with Gasteiger partial charge in [-0.3, -0.25) is 4.79 Å². The standard InChI is InChI=1S/C11H13N2O/c14-9-12-10-4-3-5-11(8-10)13-6-1-2-7-13/h3,5,8-9H,1-2,6-7H2,(H,12,14). The Bertz CT molecular complexity index is 319. The second-order valence-electron chi connectivity index (χ2n) is 3.42. The van der Waals surface area contributed by atoms with Gasteiger partial charge in [0, 0.05) is 24.8 Å². The van der Waals surface area contributed by atoms with E-state index in [1.807, 2.05) is 18.2 Å². The zero-order chi connectivity index (χ0) is 9.80. The van der Waals surface area contributed by atoms with Crippen molar-refractivity contribution in [3.63, 3.8) is 0 Å². The number of amides is 1. The van der Waals surface area contributed by atoms with Crippen molar-refractivity contribution in [1.82, 2.24) is 0 Å². The van der Waals surface area contributed by atoms with Crippen LogP contribution in [-0.4, -0.2) is 19.5 Å². The molecule has 1 aromatic rings. The molecular formula is C11H13N2O. The van der Waals surface area contributed by atoms with Crippen LogP contribution in [0.25, 0.3) is 0 Å². The molecule has 1 radical (unpaired) electrons. The highest BCUT2D eigenvalue weighted by atomic mass is 16.1. The van der Waals surface area contributed by atoms with Gasteiger partial charge in [-0.05, 0) is 25.0 Å². The quantitative estimate of drug-likeness (QED) is 0.733. The number of nitrogens with zero attached hydrogens (tertiary/aromatic N) is 1. The molecule has 1 N–H and O–H groups in total. The average molecular weight is 189 g/mol. The molecule has 2 rings (SSSR count). The Hall–Kier alpha value is -1.51. The van der Waals surface area contributed by atoms with E-state index in [0.29, 0.717) is 6.41 Å². The Morgan fingerprint density at radius 2 is 2.21 bits per heavy atom. The van der Waals surface area contributed by atoms with Gasteiger partial charge in [0.05, 0.1) is 5.69 Å². The molecule has 1 fully saturated rings. The van der Waals surface area contributed by atoms with Crippen LogP contribution in [0.3, 0.4) is 0 Å². The number of rotatable bonds is 3. The molecule has 3 nitrogen and oxygen atoms in total. The molecule has 1 amide bonds. The average Bonchev–Trinajstić information content (AvgIpc) is 2.71. The molecule has 0 atom stereocenters. The number of anilines is 2. The van der Waals surface area contributed by atoms with Gasteiger partial charge in [0.1, 0.15) is 0 Å². The van der Waals surface area contributed by atoms with Crippen molar-refractivity contribution < 1.29 is 4.79 Å². The van der Waals surface area contributed by atoms with E-state index in [0.717, 1.165) is 18.8 Å². The molecular weight excluding hydrogens is 176 g/mol. The van der Waals surface area contributed by atoms with Crippen LogP contribution in [0.15, 0.2) is 18.2 Å². The molecule has 1 aromatic carbocycles. The maximum absolute atomic E-state index is 10.3. The van der Waals surface area contributed by atoms with Crippen molar-refractivity contribution in [2.45, 2.75) is 12.8 Å². The summed E-state index contributed by atoms with van der Waals surface area (Å²) in [5.74, 6) is 0. The summed E-state index contributed by atoms with van der Waals surface area (Å²) in [5, 5.41) is 2.61. The molecule has 1 aliphatic rings. The number of nitrogens with one attached hydrogen (secondary N) is 1. The molecule has 1 heterocycles. The van der Waals surface area contributed by atoms with Crippen LogP contribution in [0.1, 0.15) is 12.8 Å². The largest absolute Gasteiger partial charge is 0.371 e. The van der Waals surface area contributed by atoms with Crippen molar-refractivity contribution in [2.24, 2.45) is 0 Å². The van der Waals surface area contributed by atoms with Crippen LogP contribution in [0.4, 0.5) is 11.4 Å². The van der Waals surface area contributed by atoms with Gasteiger partial charge in [-0.1, -0.05) is 6.07 Å². The lowest BCUT2D eigenvalue weighted by atomic mass is 10.2. The second kappa shape index (κ2) is 4.13. The van der Waals surface area contributed by atoms with Gasteiger partial charge in [-0.15, -0.1) is 0 Å². The normalized spacial score (nSPS) is 15.6. The minimum absolute atomic E-state index is 0.680. The maximum Gasteiger partial charge on any atom is 0.211 e. The fourth-order valence-electron chi connectivity index (χ4n) is 1.77. The molecule has 0 unspecified atom stereocenters. The Morgan fingerprint density at radius 3 is 2.93 bits per heavy atom. The lowest BCUT2D eigenvalue weighted by Crippen LogP contribution is -2.17. The smallest absolute Gasteiger partial charge is 0.211 e. The van der Waals surface area contributed by atoms with E-state index in [-0.39, 0.29) is 0 Å². The first-order valence-electron chi connectivity index (χ1n) is 4.87. The van der Waals surface area contributed by atoms with E-state index >= 15 is 0 Å². The van der Waals surface area contributed by atoms with Gasteiger partial charge in [0.15, 0.2) is 0 Å². The van der Waals surface area contributed by atoms with Crippen molar-refractivity contribution >= 4 is 17.8 Å². The second-order valence-corrected chi connectivity index (χ2v) is 3.42. The highest BCUT2D eigenvalue weighted by Gasteiger charge is 2.11. The molecule has 1 aliphatic heterocycles. The summed E-state index contributed by atoms with van der Waals surface area (Å²) in [6, 6.07) is 8.80. The van der Waals surface area contributed by atoms with Gasteiger partial charge in [0.2, 0.25) is 6.41 Å². The Labute approximate surface area is 83.7 Å².